The highest BCUT2D eigenvalue weighted by atomic mass is 16.3. The average Bonchev–Trinajstić information content (AvgIpc) is 2.64. The molecule has 0 aliphatic carbocycles. The molecule has 0 spiro atoms. The summed E-state index contributed by atoms with van der Waals surface area (Å²) in [6.45, 7) is 1.97. The third kappa shape index (κ3) is 5.32. The molecule has 6 nitrogen and oxygen atoms in total. The van der Waals surface area contributed by atoms with E-state index in [0.29, 0.717) is 19.4 Å². The van der Waals surface area contributed by atoms with Gasteiger partial charge in [0.25, 0.3) is 0 Å². The van der Waals surface area contributed by atoms with Crippen molar-refractivity contribution in [2.75, 3.05) is 6.54 Å². The lowest BCUT2D eigenvalue weighted by molar-refractivity contribution is -0.139. The van der Waals surface area contributed by atoms with Crippen LogP contribution in [0.4, 0.5) is 0 Å². The summed E-state index contributed by atoms with van der Waals surface area (Å²) in [4.78, 5) is 25.9. The van der Waals surface area contributed by atoms with Crippen molar-refractivity contribution in [2.45, 2.75) is 31.8 Å². The topological polar surface area (TPSA) is 110 Å². The molecule has 2 amide bonds. The molecule has 0 bridgehead atoms. The minimum atomic E-state index is -0.794. The van der Waals surface area contributed by atoms with Crippen LogP contribution in [-0.4, -0.2) is 40.4 Å². The molecular weight excluding hydrogens is 330 g/mol. The molecule has 0 radical (unpaired) electrons. The molecule has 0 aliphatic rings. The highest BCUT2D eigenvalue weighted by Gasteiger charge is 2.28. The molecule has 138 valence electrons. The fourth-order valence-corrected chi connectivity index (χ4v) is 2.73. The third-order valence-corrected chi connectivity index (χ3v) is 4.36. The number of benzene rings is 2. The molecule has 0 heterocycles. The Balaban J connectivity index is 2.08. The van der Waals surface area contributed by atoms with E-state index in [-0.39, 0.29) is 11.7 Å². The van der Waals surface area contributed by atoms with Gasteiger partial charge in [0.15, 0.2) is 0 Å². The molecule has 2 rings (SSSR count). The van der Waals surface area contributed by atoms with E-state index in [1.807, 2.05) is 30.3 Å². The van der Waals surface area contributed by atoms with Crippen molar-refractivity contribution in [1.29, 1.82) is 0 Å². The Morgan fingerprint density at radius 2 is 1.65 bits per heavy atom. The van der Waals surface area contributed by atoms with Crippen molar-refractivity contribution < 1.29 is 14.7 Å². The standard InChI is InChI=1S/C20H25N3O3/c1-14(19(22)25)23(12-11-15-5-3-2-4-6-15)20(26)18(21)13-16-7-9-17(24)10-8-16/h2-10,14,18,24H,11-13,21H2,1H3,(H2,22,25)/t14-,18+/m1/s1. The van der Waals surface area contributed by atoms with Crippen molar-refractivity contribution in [3.05, 3.63) is 65.7 Å². The molecule has 0 unspecified atom stereocenters. The predicted molar refractivity (Wildman–Crippen MR) is 100 cm³/mol. The predicted octanol–water partition coefficient (Wildman–Crippen LogP) is 1.21. The number of primary amides is 1. The lowest BCUT2D eigenvalue weighted by Gasteiger charge is -2.30. The van der Waals surface area contributed by atoms with E-state index in [1.54, 1.807) is 31.2 Å². The summed E-state index contributed by atoms with van der Waals surface area (Å²) in [6.07, 6.45) is 0.919. The zero-order valence-corrected chi connectivity index (χ0v) is 14.8. The van der Waals surface area contributed by atoms with E-state index in [1.165, 1.54) is 4.90 Å². The van der Waals surface area contributed by atoms with Crippen molar-refractivity contribution in [2.24, 2.45) is 11.5 Å². The molecule has 5 N–H and O–H groups in total. The zero-order valence-electron chi connectivity index (χ0n) is 14.8. The van der Waals surface area contributed by atoms with Gasteiger partial charge in [0.1, 0.15) is 11.8 Å². The smallest absolute Gasteiger partial charge is 0.240 e. The molecule has 2 aromatic rings. The van der Waals surface area contributed by atoms with Crippen LogP contribution in [0.1, 0.15) is 18.1 Å². The van der Waals surface area contributed by atoms with Crippen LogP contribution in [0.25, 0.3) is 0 Å². The summed E-state index contributed by atoms with van der Waals surface area (Å²) in [5, 5.41) is 9.34. The van der Waals surface area contributed by atoms with Crippen LogP contribution in [0.3, 0.4) is 0 Å². The van der Waals surface area contributed by atoms with Gasteiger partial charge < -0.3 is 21.5 Å². The number of carbonyl (C=O) groups is 2. The number of hydrogen-bond acceptors (Lipinski definition) is 4. The monoisotopic (exact) mass is 355 g/mol. The fraction of sp³-hybridized carbons (Fsp3) is 0.300. The maximum Gasteiger partial charge on any atom is 0.240 e. The summed E-state index contributed by atoms with van der Waals surface area (Å²) in [7, 11) is 0. The van der Waals surface area contributed by atoms with Gasteiger partial charge in [-0.15, -0.1) is 0 Å². The average molecular weight is 355 g/mol. The first-order chi connectivity index (χ1) is 12.4. The number of phenolic OH excluding ortho intramolecular Hbond substituents is 1. The largest absolute Gasteiger partial charge is 0.508 e. The van der Waals surface area contributed by atoms with Gasteiger partial charge in [0.2, 0.25) is 11.8 Å². The number of nitrogens with two attached hydrogens (primary N) is 2. The van der Waals surface area contributed by atoms with Crippen LogP contribution in [0.15, 0.2) is 54.6 Å². The third-order valence-electron chi connectivity index (χ3n) is 4.36. The normalized spacial score (nSPS) is 13.0. The van der Waals surface area contributed by atoms with E-state index in [2.05, 4.69) is 0 Å². The lowest BCUT2D eigenvalue weighted by Crippen LogP contribution is -2.53. The van der Waals surface area contributed by atoms with E-state index in [4.69, 9.17) is 11.5 Å². The van der Waals surface area contributed by atoms with Crippen LogP contribution in [0, 0.1) is 0 Å². The fourth-order valence-electron chi connectivity index (χ4n) is 2.73. The number of rotatable bonds is 8. The molecule has 2 atom stereocenters. The molecule has 0 aliphatic heterocycles. The Morgan fingerprint density at radius 1 is 1.04 bits per heavy atom. The number of nitrogens with zero attached hydrogens (tertiary/aromatic N) is 1. The number of hydrogen-bond donors (Lipinski definition) is 3. The van der Waals surface area contributed by atoms with Gasteiger partial charge in [-0.1, -0.05) is 42.5 Å². The van der Waals surface area contributed by atoms with E-state index >= 15 is 0 Å². The lowest BCUT2D eigenvalue weighted by atomic mass is 10.0. The summed E-state index contributed by atoms with van der Waals surface area (Å²) in [5.41, 5.74) is 13.4. The van der Waals surface area contributed by atoms with Crippen LogP contribution in [0.2, 0.25) is 0 Å². The Labute approximate surface area is 153 Å². The highest BCUT2D eigenvalue weighted by molar-refractivity contribution is 5.88. The summed E-state index contributed by atoms with van der Waals surface area (Å²) in [6, 6.07) is 14.7. The Hall–Kier alpha value is -2.86. The minimum Gasteiger partial charge on any atom is -0.508 e. The first kappa shape index (κ1) is 19.5. The van der Waals surface area contributed by atoms with E-state index in [0.717, 1.165) is 11.1 Å². The van der Waals surface area contributed by atoms with Gasteiger partial charge in [-0.05, 0) is 43.0 Å². The van der Waals surface area contributed by atoms with Gasteiger partial charge in [0.05, 0.1) is 6.04 Å². The molecule has 0 fully saturated rings. The second-order valence-corrected chi connectivity index (χ2v) is 6.32. The minimum absolute atomic E-state index is 0.153. The summed E-state index contributed by atoms with van der Waals surface area (Å²) < 4.78 is 0. The van der Waals surface area contributed by atoms with Crippen molar-refractivity contribution >= 4 is 11.8 Å². The Bertz CT molecular complexity index is 732. The van der Waals surface area contributed by atoms with Crippen molar-refractivity contribution in [1.82, 2.24) is 4.90 Å². The van der Waals surface area contributed by atoms with E-state index < -0.39 is 18.0 Å². The molecule has 2 aromatic carbocycles. The zero-order chi connectivity index (χ0) is 19.1. The van der Waals surface area contributed by atoms with Crippen molar-refractivity contribution in [3.63, 3.8) is 0 Å². The molecule has 0 saturated carbocycles. The number of phenols is 1. The Morgan fingerprint density at radius 3 is 2.23 bits per heavy atom. The van der Waals surface area contributed by atoms with Gasteiger partial charge in [-0.25, -0.2) is 0 Å². The second-order valence-electron chi connectivity index (χ2n) is 6.32. The molecular formula is C20H25N3O3. The summed E-state index contributed by atoms with van der Waals surface area (Å²) in [5.74, 6) is -0.732. The first-order valence-electron chi connectivity index (χ1n) is 8.55. The number of amides is 2. The maximum atomic E-state index is 12.8. The quantitative estimate of drug-likeness (QED) is 0.661. The van der Waals surface area contributed by atoms with Crippen LogP contribution < -0.4 is 11.5 Å². The molecule has 0 aromatic heterocycles. The maximum absolute atomic E-state index is 12.8. The SMILES string of the molecule is C[C@H](C(N)=O)N(CCc1ccccc1)C(=O)[C@@H](N)Cc1ccc(O)cc1. The summed E-state index contributed by atoms with van der Waals surface area (Å²) >= 11 is 0. The van der Waals surface area contributed by atoms with Crippen LogP contribution in [-0.2, 0) is 22.4 Å². The second kappa shape index (κ2) is 9.01. The van der Waals surface area contributed by atoms with Crippen LogP contribution in [0.5, 0.6) is 5.75 Å². The Kier molecular flexibility index (Phi) is 6.74. The number of carbonyl (C=O) groups excluding carboxylic acids is 2. The first-order valence-corrected chi connectivity index (χ1v) is 8.55. The van der Waals surface area contributed by atoms with E-state index in [9.17, 15) is 14.7 Å². The van der Waals surface area contributed by atoms with Crippen LogP contribution >= 0.6 is 0 Å². The molecule has 6 heteroatoms. The number of aromatic hydroxyl groups is 1. The molecule has 0 saturated heterocycles. The van der Waals surface area contributed by atoms with Gasteiger partial charge in [0, 0.05) is 6.54 Å². The van der Waals surface area contributed by atoms with Gasteiger partial charge >= 0.3 is 0 Å². The van der Waals surface area contributed by atoms with Gasteiger partial charge in [-0.2, -0.15) is 0 Å². The van der Waals surface area contributed by atoms with Crippen molar-refractivity contribution in [3.8, 4) is 5.75 Å². The molecule has 26 heavy (non-hydrogen) atoms. The van der Waals surface area contributed by atoms with Gasteiger partial charge in [-0.3, -0.25) is 9.59 Å². The highest BCUT2D eigenvalue weighted by Crippen LogP contribution is 2.13.